The highest BCUT2D eigenvalue weighted by molar-refractivity contribution is 6.31. The summed E-state index contributed by atoms with van der Waals surface area (Å²) in [6.07, 6.45) is -5.01. The van der Waals surface area contributed by atoms with E-state index in [-0.39, 0.29) is 23.6 Å². The van der Waals surface area contributed by atoms with Crippen LogP contribution in [0.4, 0.5) is 13.2 Å². The van der Waals surface area contributed by atoms with Gasteiger partial charge in [0.1, 0.15) is 11.8 Å². The number of hydrogen-bond acceptors (Lipinski definition) is 2. The standard InChI is InChI=1S/C15H19ClF3NO2/c1-14(2,3)8-12(15(17,18)19)20-13(22)6-9-4-5-10(21)7-11(9)16/h4-5,7,12,21H,6,8H2,1-3H3,(H,20,22)/t12-/m1/s1. The molecule has 0 heterocycles. The van der Waals surface area contributed by atoms with Crippen molar-refractivity contribution in [2.75, 3.05) is 0 Å². The molecule has 0 aromatic heterocycles. The highest BCUT2D eigenvalue weighted by atomic mass is 35.5. The molecule has 0 spiro atoms. The minimum absolute atomic E-state index is 0.0740. The zero-order valence-electron chi connectivity index (χ0n) is 12.6. The van der Waals surface area contributed by atoms with Gasteiger partial charge in [0.05, 0.1) is 6.42 Å². The van der Waals surface area contributed by atoms with E-state index >= 15 is 0 Å². The highest BCUT2D eigenvalue weighted by Crippen LogP contribution is 2.30. The molecule has 1 aromatic carbocycles. The second-order valence-electron chi connectivity index (χ2n) is 6.38. The molecule has 0 aliphatic heterocycles. The topological polar surface area (TPSA) is 49.3 Å². The summed E-state index contributed by atoms with van der Waals surface area (Å²) in [5.74, 6) is -0.839. The van der Waals surface area contributed by atoms with E-state index in [9.17, 15) is 23.1 Å². The molecule has 1 amide bonds. The van der Waals surface area contributed by atoms with E-state index < -0.39 is 23.5 Å². The predicted octanol–water partition coefficient (Wildman–Crippen LogP) is 4.07. The van der Waals surface area contributed by atoms with Crippen LogP contribution in [0, 0.1) is 5.41 Å². The smallest absolute Gasteiger partial charge is 0.408 e. The zero-order valence-corrected chi connectivity index (χ0v) is 13.3. The van der Waals surface area contributed by atoms with Crippen LogP contribution in [-0.2, 0) is 11.2 Å². The van der Waals surface area contributed by atoms with Crippen LogP contribution in [0.1, 0.15) is 32.8 Å². The molecule has 0 fully saturated rings. The Morgan fingerprint density at radius 3 is 2.36 bits per heavy atom. The average Bonchev–Trinajstić information content (AvgIpc) is 2.29. The molecule has 0 radical (unpaired) electrons. The highest BCUT2D eigenvalue weighted by Gasteiger charge is 2.42. The van der Waals surface area contributed by atoms with E-state index in [1.165, 1.54) is 18.2 Å². The number of hydrogen-bond donors (Lipinski definition) is 2. The molecule has 3 nitrogen and oxygen atoms in total. The lowest BCUT2D eigenvalue weighted by Crippen LogP contribution is -2.47. The van der Waals surface area contributed by atoms with E-state index in [0.717, 1.165) is 0 Å². The summed E-state index contributed by atoms with van der Waals surface area (Å²) in [6, 6.07) is 2.06. The van der Waals surface area contributed by atoms with Crippen molar-refractivity contribution in [2.45, 2.75) is 45.8 Å². The summed E-state index contributed by atoms with van der Waals surface area (Å²) >= 11 is 5.84. The maximum atomic E-state index is 13.0. The van der Waals surface area contributed by atoms with E-state index in [1.54, 1.807) is 20.8 Å². The molecule has 0 aliphatic carbocycles. The molecule has 124 valence electrons. The Morgan fingerprint density at radius 2 is 1.91 bits per heavy atom. The number of phenols is 1. The van der Waals surface area contributed by atoms with E-state index in [1.807, 2.05) is 5.32 Å². The minimum Gasteiger partial charge on any atom is -0.508 e. The minimum atomic E-state index is -4.51. The van der Waals surface area contributed by atoms with Crippen molar-refractivity contribution in [3.63, 3.8) is 0 Å². The lowest BCUT2D eigenvalue weighted by molar-refractivity contribution is -0.166. The number of carbonyl (C=O) groups excluding carboxylic acids is 1. The molecule has 0 unspecified atom stereocenters. The Morgan fingerprint density at radius 1 is 1.32 bits per heavy atom. The molecule has 1 rings (SSSR count). The third-order valence-electron chi connectivity index (χ3n) is 2.93. The molecular weight excluding hydrogens is 319 g/mol. The summed E-state index contributed by atoms with van der Waals surface area (Å²) in [7, 11) is 0. The summed E-state index contributed by atoms with van der Waals surface area (Å²) < 4.78 is 39.0. The van der Waals surface area contributed by atoms with Gasteiger partial charge in [0, 0.05) is 5.02 Å². The number of alkyl halides is 3. The van der Waals surface area contributed by atoms with Crippen LogP contribution in [-0.4, -0.2) is 23.2 Å². The first-order valence-electron chi connectivity index (χ1n) is 6.72. The summed E-state index contributed by atoms with van der Waals surface area (Å²) in [6.45, 7) is 5.03. The lowest BCUT2D eigenvalue weighted by atomic mass is 9.87. The average molecular weight is 338 g/mol. The van der Waals surface area contributed by atoms with Crippen molar-refractivity contribution in [1.29, 1.82) is 0 Å². The predicted molar refractivity (Wildman–Crippen MR) is 78.9 cm³/mol. The van der Waals surface area contributed by atoms with Crippen LogP contribution in [0.15, 0.2) is 18.2 Å². The number of aromatic hydroxyl groups is 1. The van der Waals surface area contributed by atoms with Gasteiger partial charge in [-0.15, -0.1) is 0 Å². The molecule has 0 saturated heterocycles. The second-order valence-corrected chi connectivity index (χ2v) is 6.79. The largest absolute Gasteiger partial charge is 0.508 e. The van der Waals surface area contributed by atoms with E-state index in [4.69, 9.17) is 11.6 Å². The van der Waals surface area contributed by atoms with E-state index in [0.29, 0.717) is 5.56 Å². The molecule has 0 saturated carbocycles. The number of rotatable bonds is 4. The van der Waals surface area contributed by atoms with Gasteiger partial charge in [-0.3, -0.25) is 4.79 Å². The number of nitrogens with one attached hydrogen (secondary N) is 1. The van der Waals surface area contributed by atoms with Crippen molar-refractivity contribution in [2.24, 2.45) is 5.41 Å². The number of amides is 1. The SMILES string of the molecule is CC(C)(C)C[C@@H](NC(=O)Cc1ccc(O)cc1Cl)C(F)(F)F. The molecule has 1 atom stereocenters. The second kappa shape index (κ2) is 6.77. The van der Waals surface area contributed by atoms with Crippen LogP contribution in [0.2, 0.25) is 5.02 Å². The molecule has 0 aliphatic rings. The van der Waals surface area contributed by atoms with Crippen molar-refractivity contribution < 1.29 is 23.1 Å². The van der Waals surface area contributed by atoms with Gasteiger partial charge >= 0.3 is 6.18 Å². The van der Waals surface area contributed by atoms with Crippen LogP contribution >= 0.6 is 11.6 Å². The zero-order chi connectivity index (χ0) is 17.1. The fourth-order valence-corrected chi connectivity index (χ4v) is 2.20. The quantitative estimate of drug-likeness (QED) is 0.870. The maximum Gasteiger partial charge on any atom is 0.408 e. The number of phenolic OH excluding ortho intramolecular Hbond substituents is 1. The molecule has 22 heavy (non-hydrogen) atoms. The summed E-state index contributed by atoms with van der Waals surface area (Å²) in [4.78, 5) is 11.9. The van der Waals surface area contributed by atoms with E-state index in [2.05, 4.69) is 0 Å². The molecule has 2 N–H and O–H groups in total. The molecular formula is C15H19ClF3NO2. The van der Waals surface area contributed by atoms with Crippen molar-refractivity contribution >= 4 is 17.5 Å². The third-order valence-corrected chi connectivity index (χ3v) is 3.29. The Balaban J connectivity index is 2.79. The first-order valence-corrected chi connectivity index (χ1v) is 7.10. The summed E-state index contributed by atoms with van der Waals surface area (Å²) in [5, 5.41) is 11.4. The molecule has 7 heteroatoms. The normalized spacial score (nSPS) is 13.8. The van der Waals surface area contributed by atoms with Gasteiger partial charge in [0.15, 0.2) is 0 Å². The monoisotopic (exact) mass is 337 g/mol. The van der Waals surface area contributed by atoms with Gasteiger partial charge in [-0.25, -0.2) is 0 Å². The Kier molecular flexibility index (Phi) is 5.73. The number of halogens is 4. The number of carbonyl (C=O) groups is 1. The lowest BCUT2D eigenvalue weighted by Gasteiger charge is -2.28. The first kappa shape index (κ1) is 18.6. The van der Waals surface area contributed by atoms with Crippen molar-refractivity contribution in [3.8, 4) is 5.75 Å². The Hall–Kier alpha value is -1.43. The van der Waals surface area contributed by atoms with Crippen LogP contribution in [0.3, 0.4) is 0 Å². The van der Waals surface area contributed by atoms with Gasteiger partial charge in [-0.1, -0.05) is 38.4 Å². The number of benzene rings is 1. The maximum absolute atomic E-state index is 13.0. The van der Waals surface area contributed by atoms with Crippen molar-refractivity contribution in [1.82, 2.24) is 5.32 Å². The fourth-order valence-electron chi connectivity index (χ4n) is 1.96. The van der Waals surface area contributed by atoms with Gasteiger partial charge in [0.2, 0.25) is 5.91 Å². The fraction of sp³-hybridized carbons (Fsp3) is 0.533. The van der Waals surface area contributed by atoms with Crippen LogP contribution in [0.5, 0.6) is 5.75 Å². The Bertz CT molecular complexity index is 539. The van der Waals surface area contributed by atoms with Crippen LogP contribution in [0.25, 0.3) is 0 Å². The Labute approximate surface area is 132 Å². The van der Waals surface area contributed by atoms with Crippen LogP contribution < -0.4 is 5.32 Å². The van der Waals surface area contributed by atoms with Crippen molar-refractivity contribution in [3.05, 3.63) is 28.8 Å². The molecule has 0 bridgehead atoms. The van der Waals surface area contributed by atoms with Gasteiger partial charge < -0.3 is 10.4 Å². The van der Waals surface area contributed by atoms with Gasteiger partial charge in [-0.2, -0.15) is 13.2 Å². The van der Waals surface area contributed by atoms with Gasteiger partial charge in [0.25, 0.3) is 0 Å². The summed E-state index contributed by atoms with van der Waals surface area (Å²) in [5.41, 5.74) is -0.224. The third kappa shape index (κ3) is 6.13. The first-order chi connectivity index (χ1) is 9.88. The molecule has 1 aromatic rings. The van der Waals surface area contributed by atoms with Gasteiger partial charge in [-0.05, 0) is 29.5 Å².